The number of carbonyl (C=O) groups excluding carboxylic acids is 1. The fourth-order valence-electron chi connectivity index (χ4n) is 2.03. The maximum atomic E-state index is 12.2. The Balaban J connectivity index is 1.69. The van der Waals surface area contributed by atoms with Crippen molar-refractivity contribution in [2.24, 2.45) is 0 Å². The largest absolute Gasteiger partial charge is 0.467 e. The molecular formula is C17H14BrN3O2. The summed E-state index contributed by atoms with van der Waals surface area (Å²) in [6, 6.07) is 13.1. The van der Waals surface area contributed by atoms with Crippen LogP contribution in [0.1, 0.15) is 16.1 Å². The molecule has 0 bridgehead atoms. The summed E-state index contributed by atoms with van der Waals surface area (Å²) in [5, 5.41) is 6.02. The Kier molecular flexibility index (Phi) is 4.73. The van der Waals surface area contributed by atoms with E-state index in [4.69, 9.17) is 4.42 Å². The van der Waals surface area contributed by atoms with Gasteiger partial charge >= 0.3 is 0 Å². The number of halogens is 1. The summed E-state index contributed by atoms with van der Waals surface area (Å²) in [5.41, 5.74) is 2.12. The monoisotopic (exact) mass is 371 g/mol. The van der Waals surface area contributed by atoms with Gasteiger partial charge in [-0.3, -0.25) is 9.78 Å². The van der Waals surface area contributed by atoms with Crippen molar-refractivity contribution in [2.45, 2.75) is 6.54 Å². The summed E-state index contributed by atoms with van der Waals surface area (Å²) >= 11 is 3.48. The van der Waals surface area contributed by atoms with Crippen LogP contribution < -0.4 is 10.6 Å². The van der Waals surface area contributed by atoms with Gasteiger partial charge in [0.05, 0.1) is 35.9 Å². The van der Waals surface area contributed by atoms with E-state index in [0.717, 1.165) is 15.8 Å². The predicted octanol–water partition coefficient (Wildman–Crippen LogP) is 4.11. The number of pyridine rings is 1. The molecule has 0 aliphatic heterocycles. The van der Waals surface area contributed by atoms with Gasteiger partial charge in [-0.15, -0.1) is 0 Å². The second-order valence-electron chi connectivity index (χ2n) is 4.83. The van der Waals surface area contributed by atoms with Crippen LogP contribution in [0.3, 0.4) is 0 Å². The van der Waals surface area contributed by atoms with E-state index in [1.165, 1.54) is 6.20 Å². The van der Waals surface area contributed by atoms with Crippen LogP contribution in [0.15, 0.2) is 70.0 Å². The van der Waals surface area contributed by atoms with Crippen molar-refractivity contribution in [3.63, 3.8) is 0 Å². The number of hydrogen-bond donors (Lipinski definition) is 2. The summed E-state index contributed by atoms with van der Waals surface area (Å²) < 4.78 is 6.13. The number of aromatic nitrogens is 1. The maximum absolute atomic E-state index is 12.2. The molecule has 116 valence electrons. The molecular weight excluding hydrogens is 358 g/mol. The molecule has 2 heterocycles. The van der Waals surface area contributed by atoms with Crippen molar-refractivity contribution in [1.29, 1.82) is 0 Å². The van der Waals surface area contributed by atoms with Gasteiger partial charge in [-0.1, -0.05) is 12.1 Å². The zero-order valence-corrected chi connectivity index (χ0v) is 13.7. The Morgan fingerprint density at radius 3 is 2.83 bits per heavy atom. The first-order chi connectivity index (χ1) is 11.2. The van der Waals surface area contributed by atoms with Gasteiger partial charge in [0, 0.05) is 10.7 Å². The van der Waals surface area contributed by atoms with Gasteiger partial charge in [0.1, 0.15) is 5.76 Å². The third-order valence-corrected chi connectivity index (χ3v) is 3.85. The van der Waals surface area contributed by atoms with E-state index >= 15 is 0 Å². The number of nitrogens with zero attached hydrogens (tertiary/aromatic N) is 1. The number of furan rings is 1. The zero-order valence-electron chi connectivity index (χ0n) is 12.1. The van der Waals surface area contributed by atoms with Crippen molar-refractivity contribution < 1.29 is 9.21 Å². The van der Waals surface area contributed by atoms with Crippen LogP contribution in [0.5, 0.6) is 0 Å². The number of para-hydroxylation sites is 1. The number of nitrogens with one attached hydrogen (secondary N) is 2. The van der Waals surface area contributed by atoms with Crippen molar-refractivity contribution in [2.75, 3.05) is 5.32 Å². The van der Waals surface area contributed by atoms with Crippen molar-refractivity contribution in [1.82, 2.24) is 10.3 Å². The standard InChI is InChI=1S/C17H14BrN3O2/c18-15-5-1-2-6-16(15)21-13-8-12(9-19-10-13)17(22)20-11-14-4-3-7-23-14/h1-10,21H,11H2,(H,20,22). The van der Waals surface area contributed by atoms with Crippen LogP contribution in [-0.4, -0.2) is 10.9 Å². The fourth-order valence-corrected chi connectivity index (χ4v) is 2.42. The first-order valence-electron chi connectivity index (χ1n) is 6.99. The molecule has 2 N–H and O–H groups in total. The minimum Gasteiger partial charge on any atom is -0.467 e. The zero-order chi connectivity index (χ0) is 16.1. The first kappa shape index (κ1) is 15.3. The summed E-state index contributed by atoms with van der Waals surface area (Å²) in [5.74, 6) is 0.499. The normalized spacial score (nSPS) is 10.3. The van der Waals surface area contributed by atoms with Crippen LogP contribution in [0.2, 0.25) is 0 Å². The predicted molar refractivity (Wildman–Crippen MR) is 91.5 cm³/mol. The summed E-state index contributed by atoms with van der Waals surface area (Å²) in [4.78, 5) is 16.3. The molecule has 23 heavy (non-hydrogen) atoms. The van der Waals surface area contributed by atoms with E-state index in [2.05, 4.69) is 31.5 Å². The lowest BCUT2D eigenvalue weighted by Gasteiger charge is -2.09. The second kappa shape index (κ2) is 7.11. The van der Waals surface area contributed by atoms with Crippen molar-refractivity contribution >= 4 is 33.2 Å². The first-order valence-corrected chi connectivity index (χ1v) is 7.79. The molecule has 0 atom stereocenters. The van der Waals surface area contributed by atoms with Crippen LogP contribution in [0.25, 0.3) is 0 Å². The molecule has 2 aromatic heterocycles. The minimum absolute atomic E-state index is 0.204. The van der Waals surface area contributed by atoms with E-state index in [1.807, 2.05) is 30.3 Å². The van der Waals surface area contributed by atoms with E-state index in [0.29, 0.717) is 17.9 Å². The molecule has 0 fully saturated rings. The van der Waals surface area contributed by atoms with Gasteiger partial charge in [-0.2, -0.15) is 0 Å². The van der Waals surface area contributed by atoms with E-state index in [1.54, 1.807) is 24.6 Å². The molecule has 3 aromatic rings. The number of carbonyl (C=O) groups is 1. The highest BCUT2D eigenvalue weighted by atomic mass is 79.9. The third-order valence-electron chi connectivity index (χ3n) is 3.16. The second-order valence-corrected chi connectivity index (χ2v) is 5.68. The van der Waals surface area contributed by atoms with E-state index in [-0.39, 0.29) is 5.91 Å². The summed E-state index contributed by atoms with van der Waals surface area (Å²) in [6.07, 6.45) is 4.77. The van der Waals surface area contributed by atoms with Crippen molar-refractivity contribution in [3.8, 4) is 0 Å². The SMILES string of the molecule is O=C(NCc1ccco1)c1cncc(Nc2ccccc2Br)c1. The average Bonchev–Trinajstić information content (AvgIpc) is 3.08. The van der Waals surface area contributed by atoms with Gasteiger partial charge in [0.15, 0.2) is 0 Å². The Hall–Kier alpha value is -2.60. The van der Waals surface area contributed by atoms with Gasteiger partial charge < -0.3 is 15.1 Å². The van der Waals surface area contributed by atoms with Gasteiger partial charge in [0.2, 0.25) is 0 Å². The molecule has 6 heteroatoms. The highest BCUT2D eigenvalue weighted by molar-refractivity contribution is 9.10. The number of amides is 1. The molecule has 0 radical (unpaired) electrons. The summed E-state index contributed by atoms with van der Waals surface area (Å²) in [6.45, 7) is 0.341. The molecule has 1 amide bonds. The van der Waals surface area contributed by atoms with Gasteiger partial charge in [-0.05, 0) is 46.3 Å². The Labute approximate surface area is 141 Å². The molecule has 0 aliphatic carbocycles. The van der Waals surface area contributed by atoms with Crippen LogP contribution in [0.4, 0.5) is 11.4 Å². The Bertz CT molecular complexity index is 803. The third kappa shape index (κ3) is 3.98. The smallest absolute Gasteiger partial charge is 0.253 e. The highest BCUT2D eigenvalue weighted by Crippen LogP contribution is 2.25. The van der Waals surface area contributed by atoms with Gasteiger partial charge in [-0.25, -0.2) is 0 Å². The van der Waals surface area contributed by atoms with Crippen LogP contribution >= 0.6 is 15.9 Å². The lowest BCUT2D eigenvalue weighted by Crippen LogP contribution is -2.22. The number of anilines is 2. The molecule has 3 rings (SSSR count). The van der Waals surface area contributed by atoms with Crippen LogP contribution in [0, 0.1) is 0 Å². The lowest BCUT2D eigenvalue weighted by molar-refractivity contribution is 0.0947. The average molecular weight is 372 g/mol. The lowest BCUT2D eigenvalue weighted by atomic mass is 10.2. The molecule has 1 aromatic carbocycles. The molecule has 0 saturated carbocycles. The number of benzene rings is 1. The Morgan fingerprint density at radius 1 is 1.17 bits per heavy atom. The molecule has 0 aliphatic rings. The molecule has 0 unspecified atom stereocenters. The van der Waals surface area contributed by atoms with Crippen LogP contribution in [-0.2, 0) is 6.54 Å². The molecule has 5 nitrogen and oxygen atoms in total. The fraction of sp³-hybridized carbons (Fsp3) is 0.0588. The van der Waals surface area contributed by atoms with Gasteiger partial charge in [0.25, 0.3) is 5.91 Å². The number of rotatable bonds is 5. The minimum atomic E-state index is -0.204. The van der Waals surface area contributed by atoms with E-state index in [9.17, 15) is 4.79 Å². The molecule has 0 saturated heterocycles. The topological polar surface area (TPSA) is 67.2 Å². The summed E-state index contributed by atoms with van der Waals surface area (Å²) in [7, 11) is 0. The Morgan fingerprint density at radius 2 is 2.04 bits per heavy atom. The maximum Gasteiger partial charge on any atom is 0.253 e. The van der Waals surface area contributed by atoms with E-state index < -0.39 is 0 Å². The highest BCUT2D eigenvalue weighted by Gasteiger charge is 2.08. The van der Waals surface area contributed by atoms with Crippen molar-refractivity contribution in [3.05, 3.63) is 76.9 Å². The molecule has 0 spiro atoms. The quantitative estimate of drug-likeness (QED) is 0.707. The number of hydrogen-bond acceptors (Lipinski definition) is 4.